The van der Waals surface area contributed by atoms with E-state index in [-0.39, 0.29) is 0 Å². The lowest BCUT2D eigenvalue weighted by Crippen LogP contribution is -2.23. The van der Waals surface area contributed by atoms with Crippen LogP contribution in [0.25, 0.3) is 0 Å². The van der Waals surface area contributed by atoms with Crippen molar-refractivity contribution in [3.05, 3.63) is 33.8 Å². The molecule has 0 aliphatic rings. The van der Waals surface area contributed by atoms with Gasteiger partial charge in [-0.25, -0.2) is 0 Å². The number of benzene rings is 1. The highest BCUT2D eigenvalue weighted by Gasteiger charge is 2.15. The zero-order chi connectivity index (χ0) is 12.1. The summed E-state index contributed by atoms with van der Waals surface area (Å²) in [4.78, 5) is 0. The number of nitrogens with one attached hydrogen (secondary N) is 1. The lowest BCUT2D eigenvalue weighted by molar-refractivity contribution is 0.437. The van der Waals surface area contributed by atoms with E-state index < -0.39 is 0 Å². The highest BCUT2D eigenvalue weighted by atomic mass is 79.9. The van der Waals surface area contributed by atoms with Crippen LogP contribution in [-0.2, 0) is 0 Å². The van der Waals surface area contributed by atoms with Crippen LogP contribution in [0.15, 0.2) is 22.7 Å². The lowest BCUT2D eigenvalue weighted by atomic mass is 9.94. The van der Waals surface area contributed by atoms with E-state index in [9.17, 15) is 0 Å². The Bertz CT molecular complexity index is 334. The predicted molar refractivity (Wildman–Crippen MR) is 74.8 cm³/mol. The van der Waals surface area contributed by atoms with Crippen LogP contribution in [0.4, 0.5) is 0 Å². The molecule has 0 saturated heterocycles. The maximum absolute atomic E-state index is 3.60. The first-order valence-electron chi connectivity index (χ1n) is 6.04. The second kappa shape index (κ2) is 6.41. The van der Waals surface area contributed by atoms with Crippen LogP contribution in [0.5, 0.6) is 0 Å². The number of hydrogen-bond donors (Lipinski definition) is 1. The van der Waals surface area contributed by atoms with Gasteiger partial charge < -0.3 is 5.32 Å². The van der Waals surface area contributed by atoms with Gasteiger partial charge in [-0.2, -0.15) is 0 Å². The van der Waals surface area contributed by atoms with Crippen molar-refractivity contribution in [2.75, 3.05) is 6.54 Å². The Morgan fingerprint density at radius 1 is 1.31 bits per heavy atom. The molecule has 2 heteroatoms. The third-order valence-electron chi connectivity index (χ3n) is 2.84. The van der Waals surface area contributed by atoms with E-state index in [2.05, 4.69) is 67.1 Å². The van der Waals surface area contributed by atoms with Gasteiger partial charge >= 0.3 is 0 Å². The summed E-state index contributed by atoms with van der Waals surface area (Å²) in [7, 11) is 0. The van der Waals surface area contributed by atoms with Gasteiger partial charge in [-0.3, -0.25) is 0 Å². The Labute approximate surface area is 108 Å². The fourth-order valence-electron chi connectivity index (χ4n) is 2.04. The molecular formula is C14H22BrN. The fraction of sp³-hybridized carbons (Fsp3) is 0.571. The minimum atomic E-state index is 0.475. The van der Waals surface area contributed by atoms with E-state index >= 15 is 0 Å². The minimum absolute atomic E-state index is 0.475. The minimum Gasteiger partial charge on any atom is -0.310 e. The average Bonchev–Trinajstić information content (AvgIpc) is 2.21. The molecule has 0 aliphatic heterocycles. The Morgan fingerprint density at radius 2 is 2.00 bits per heavy atom. The topological polar surface area (TPSA) is 12.0 Å². The Morgan fingerprint density at radius 3 is 2.56 bits per heavy atom. The van der Waals surface area contributed by atoms with Crippen LogP contribution < -0.4 is 5.32 Å². The van der Waals surface area contributed by atoms with Gasteiger partial charge in [-0.05, 0) is 43.0 Å². The van der Waals surface area contributed by atoms with Gasteiger partial charge in [0.1, 0.15) is 0 Å². The molecule has 0 heterocycles. The van der Waals surface area contributed by atoms with Crippen LogP contribution in [0.1, 0.15) is 44.4 Å². The number of rotatable bonds is 5. The lowest BCUT2D eigenvalue weighted by Gasteiger charge is -2.22. The molecule has 0 fully saturated rings. The summed E-state index contributed by atoms with van der Waals surface area (Å²) in [5, 5.41) is 3.58. The normalized spacial score (nSPS) is 13.1. The third-order valence-corrected chi connectivity index (χ3v) is 3.70. The molecule has 1 aromatic carbocycles. The van der Waals surface area contributed by atoms with Crippen LogP contribution in [0.2, 0.25) is 0 Å². The zero-order valence-corrected chi connectivity index (χ0v) is 12.3. The first-order valence-corrected chi connectivity index (χ1v) is 6.84. The second-order valence-electron chi connectivity index (χ2n) is 4.69. The maximum atomic E-state index is 3.60. The summed E-state index contributed by atoms with van der Waals surface area (Å²) in [6, 6.07) is 6.94. The molecular weight excluding hydrogens is 262 g/mol. The van der Waals surface area contributed by atoms with Crippen molar-refractivity contribution in [2.45, 2.75) is 40.2 Å². The number of hydrogen-bond acceptors (Lipinski definition) is 1. The molecule has 0 radical (unpaired) electrons. The van der Waals surface area contributed by atoms with E-state index in [1.807, 2.05) is 0 Å². The smallest absolute Gasteiger partial charge is 0.0325 e. The molecule has 0 aromatic heterocycles. The second-order valence-corrected chi connectivity index (χ2v) is 5.55. The molecule has 90 valence electrons. The average molecular weight is 284 g/mol. The van der Waals surface area contributed by atoms with Crippen molar-refractivity contribution < 1.29 is 0 Å². The van der Waals surface area contributed by atoms with E-state index in [0.717, 1.165) is 6.54 Å². The first-order chi connectivity index (χ1) is 7.56. The Kier molecular flexibility index (Phi) is 5.50. The van der Waals surface area contributed by atoms with Crippen molar-refractivity contribution in [1.82, 2.24) is 5.32 Å². The SMILES string of the molecule is CCNC(CC(C)C)c1cccc(Br)c1C. The Hall–Kier alpha value is -0.340. The molecule has 1 aromatic rings. The van der Waals surface area contributed by atoms with Gasteiger partial charge in [0.15, 0.2) is 0 Å². The molecule has 1 N–H and O–H groups in total. The molecule has 0 saturated carbocycles. The summed E-state index contributed by atoms with van der Waals surface area (Å²) < 4.78 is 1.21. The van der Waals surface area contributed by atoms with Gasteiger partial charge in [0.05, 0.1) is 0 Å². The molecule has 0 bridgehead atoms. The molecule has 1 rings (SSSR count). The summed E-state index contributed by atoms with van der Waals surface area (Å²) >= 11 is 3.60. The van der Waals surface area contributed by atoms with Gasteiger partial charge in [-0.15, -0.1) is 0 Å². The molecule has 0 amide bonds. The molecule has 1 atom stereocenters. The summed E-state index contributed by atoms with van der Waals surface area (Å²) in [6.07, 6.45) is 1.19. The maximum Gasteiger partial charge on any atom is 0.0325 e. The molecule has 1 unspecified atom stereocenters. The van der Waals surface area contributed by atoms with E-state index in [0.29, 0.717) is 12.0 Å². The standard InChI is InChI=1S/C14H22BrN/c1-5-16-14(9-10(2)3)12-7-6-8-13(15)11(12)4/h6-8,10,14,16H,5,9H2,1-4H3. The van der Waals surface area contributed by atoms with Crippen molar-refractivity contribution in [1.29, 1.82) is 0 Å². The van der Waals surface area contributed by atoms with Crippen LogP contribution in [-0.4, -0.2) is 6.54 Å². The zero-order valence-electron chi connectivity index (χ0n) is 10.7. The summed E-state index contributed by atoms with van der Waals surface area (Å²) in [5.41, 5.74) is 2.78. The first kappa shape index (κ1) is 13.7. The fourth-order valence-corrected chi connectivity index (χ4v) is 2.42. The van der Waals surface area contributed by atoms with E-state index in [4.69, 9.17) is 0 Å². The molecule has 16 heavy (non-hydrogen) atoms. The monoisotopic (exact) mass is 283 g/mol. The molecule has 0 aliphatic carbocycles. The quantitative estimate of drug-likeness (QED) is 0.842. The van der Waals surface area contributed by atoms with Gasteiger partial charge in [-0.1, -0.05) is 48.8 Å². The molecule has 1 nitrogen and oxygen atoms in total. The van der Waals surface area contributed by atoms with Crippen molar-refractivity contribution in [2.24, 2.45) is 5.92 Å². The van der Waals surface area contributed by atoms with E-state index in [1.165, 1.54) is 22.0 Å². The number of halogens is 1. The van der Waals surface area contributed by atoms with Crippen LogP contribution >= 0.6 is 15.9 Å². The van der Waals surface area contributed by atoms with Gasteiger partial charge in [0.2, 0.25) is 0 Å². The molecule has 0 spiro atoms. The van der Waals surface area contributed by atoms with Crippen molar-refractivity contribution in [3.63, 3.8) is 0 Å². The predicted octanol–water partition coefficient (Wildman–Crippen LogP) is 4.45. The third kappa shape index (κ3) is 3.60. The van der Waals surface area contributed by atoms with Crippen LogP contribution in [0, 0.1) is 12.8 Å². The van der Waals surface area contributed by atoms with Crippen molar-refractivity contribution >= 4 is 15.9 Å². The highest BCUT2D eigenvalue weighted by molar-refractivity contribution is 9.10. The summed E-state index contributed by atoms with van der Waals surface area (Å²) in [5.74, 6) is 0.711. The van der Waals surface area contributed by atoms with Crippen molar-refractivity contribution in [3.8, 4) is 0 Å². The van der Waals surface area contributed by atoms with Gasteiger partial charge in [0, 0.05) is 10.5 Å². The largest absolute Gasteiger partial charge is 0.310 e. The van der Waals surface area contributed by atoms with Crippen LogP contribution in [0.3, 0.4) is 0 Å². The van der Waals surface area contributed by atoms with E-state index in [1.54, 1.807) is 0 Å². The summed E-state index contributed by atoms with van der Waals surface area (Å²) in [6.45, 7) is 9.92. The highest BCUT2D eigenvalue weighted by Crippen LogP contribution is 2.28. The van der Waals surface area contributed by atoms with Gasteiger partial charge in [0.25, 0.3) is 0 Å². The Balaban J connectivity index is 2.96.